The molecule has 1 fully saturated rings. The van der Waals surface area contributed by atoms with Gasteiger partial charge in [-0.05, 0) is 55.5 Å². The van der Waals surface area contributed by atoms with Gasteiger partial charge in [-0.3, -0.25) is 18.7 Å². The van der Waals surface area contributed by atoms with E-state index in [1.807, 2.05) is 48.2 Å². The van der Waals surface area contributed by atoms with Crippen LogP contribution >= 0.6 is 0 Å². The third kappa shape index (κ3) is 5.32. The summed E-state index contributed by atoms with van der Waals surface area (Å²) in [6, 6.07) is 18.4. The Morgan fingerprint density at radius 2 is 1.33 bits per heavy atom. The second-order valence-corrected chi connectivity index (χ2v) is 10.0. The predicted octanol–water partition coefficient (Wildman–Crippen LogP) is 4.21. The Morgan fingerprint density at radius 1 is 0.769 bits per heavy atom. The smallest absolute Gasteiger partial charge is 0.332 e. The summed E-state index contributed by atoms with van der Waals surface area (Å²) in [5, 5.41) is 0.358. The zero-order valence-electron chi connectivity index (χ0n) is 22.6. The molecule has 8 nitrogen and oxygen atoms in total. The molecule has 4 aromatic rings. The first-order valence-electron chi connectivity index (χ1n) is 13.2. The number of ether oxygens (including phenoxy) is 2. The number of benzene rings is 3. The van der Waals surface area contributed by atoms with Gasteiger partial charge in [0.1, 0.15) is 0 Å². The van der Waals surface area contributed by atoms with Crippen molar-refractivity contribution in [3.8, 4) is 11.5 Å². The van der Waals surface area contributed by atoms with Gasteiger partial charge in [0, 0.05) is 24.7 Å². The van der Waals surface area contributed by atoms with Gasteiger partial charge in [0.05, 0.1) is 38.2 Å². The largest absolute Gasteiger partial charge is 0.493 e. The van der Waals surface area contributed by atoms with Crippen molar-refractivity contribution in [2.24, 2.45) is 0 Å². The molecule has 3 aromatic carbocycles. The van der Waals surface area contributed by atoms with Crippen LogP contribution in [-0.4, -0.2) is 47.3 Å². The van der Waals surface area contributed by atoms with Crippen LogP contribution in [0.25, 0.3) is 10.9 Å². The molecule has 0 atom stereocenters. The van der Waals surface area contributed by atoms with Crippen LogP contribution in [0.4, 0.5) is 0 Å². The first kappa shape index (κ1) is 26.3. The summed E-state index contributed by atoms with van der Waals surface area (Å²) in [6.07, 6.45) is 3.21. The number of nitrogens with zero attached hydrogens (tertiary/aromatic N) is 3. The Labute approximate surface area is 227 Å². The molecule has 0 aliphatic carbocycles. The van der Waals surface area contributed by atoms with Crippen LogP contribution in [0.15, 0.2) is 70.3 Å². The molecule has 1 amide bonds. The van der Waals surface area contributed by atoms with Crippen molar-refractivity contribution in [1.29, 1.82) is 0 Å². The van der Waals surface area contributed by atoms with Gasteiger partial charge in [-0.15, -0.1) is 0 Å². The van der Waals surface area contributed by atoms with Gasteiger partial charge in [0.15, 0.2) is 11.5 Å². The van der Waals surface area contributed by atoms with Crippen molar-refractivity contribution in [3.63, 3.8) is 0 Å². The molecule has 0 N–H and O–H groups in total. The molecular weight excluding hydrogens is 494 g/mol. The van der Waals surface area contributed by atoms with E-state index in [0.717, 1.165) is 49.0 Å². The molecule has 1 aromatic heterocycles. The summed E-state index contributed by atoms with van der Waals surface area (Å²) in [6.45, 7) is 3.93. The topological polar surface area (TPSA) is 82.8 Å². The standard InChI is InChI=1S/C31H33N3O5/c1-21-7-9-22(10-8-21)19-33-26-18-28(39-3)27(38-2)17-25(26)30(36)34(31(33)37)20-23-11-13-24(14-12-23)29(35)32-15-5-4-6-16-32/h7-14,17-18H,4-6,15-16,19-20H2,1-3H3. The predicted molar refractivity (Wildman–Crippen MR) is 151 cm³/mol. The molecule has 39 heavy (non-hydrogen) atoms. The molecular formula is C31H33N3O5. The van der Waals surface area contributed by atoms with Crippen LogP contribution in [0.2, 0.25) is 0 Å². The minimum Gasteiger partial charge on any atom is -0.493 e. The summed E-state index contributed by atoms with van der Waals surface area (Å²) in [5.74, 6) is 0.869. The van der Waals surface area contributed by atoms with Gasteiger partial charge in [-0.2, -0.15) is 0 Å². The first-order valence-corrected chi connectivity index (χ1v) is 13.2. The maximum Gasteiger partial charge on any atom is 0.332 e. The molecule has 1 saturated heterocycles. The minimum atomic E-state index is -0.422. The number of aryl methyl sites for hydroxylation is 1. The van der Waals surface area contributed by atoms with E-state index in [-0.39, 0.29) is 19.0 Å². The summed E-state index contributed by atoms with van der Waals surface area (Å²) < 4.78 is 13.7. The Bertz CT molecular complexity index is 1610. The molecule has 0 bridgehead atoms. The van der Waals surface area contributed by atoms with Crippen molar-refractivity contribution in [2.75, 3.05) is 27.3 Å². The molecule has 1 aliphatic rings. The molecule has 0 saturated carbocycles. The number of carbonyl (C=O) groups is 1. The van der Waals surface area contributed by atoms with Crippen molar-refractivity contribution in [2.45, 2.75) is 39.3 Å². The van der Waals surface area contributed by atoms with Gasteiger partial charge in [0.2, 0.25) is 0 Å². The van der Waals surface area contributed by atoms with E-state index in [9.17, 15) is 14.4 Å². The van der Waals surface area contributed by atoms with Gasteiger partial charge in [-0.25, -0.2) is 4.79 Å². The summed E-state index contributed by atoms with van der Waals surface area (Å²) in [5.41, 5.74) is 3.06. The number of carbonyl (C=O) groups excluding carboxylic acids is 1. The molecule has 2 heterocycles. The summed E-state index contributed by atoms with van der Waals surface area (Å²) in [7, 11) is 3.03. The molecule has 5 rings (SSSR count). The fourth-order valence-corrected chi connectivity index (χ4v) is 5.13. The first-order chi connectivity index (χ1) is 18.9. The number of likely N-dealkylation sites (tertiary alicyclic amines) is 1. The molecule has 1 aliphatic heterocycles. The molecule has 8 heteroatoms. The van der Waals surface area contributed by atoms with Crippen LogP contribution in [0.1, 0.15) is 46.3 Å². The molecule has 0 radical (unpaired) electrons. The maximum atomic E-state index is 13.8. The van der Waals surface area contributed by atoms with E-state index < -0.39 is 11.2 Å². The van der Waals surface area contributed by atoms with E-state index in [0.29, 0.717) is 28.0 Å². The highest BCUT2D eigenvalue weighted by Gasteiger charge is 2.20. The van der Waals surface area contributed by atoms with E-state index in [4.69, 9.17) is 9.47 Å². The number of methoxy groups -OCH3 is 2. The Kier molecular flexibility index (Phi) is 7.54. The van der Waals surface area contributed by atoms with Crippen molar-refractivity contribution < 1.29 is 14.3 Å². The molecule has 0 unspecified atom stereocenters. The van der Waals surface area contributed by atoms with Crippen LogP contribution in [0.3, 0.4) is 0 Å². The van der Waals surface area contributed by atoms with E-state index >= 15 is 0 Å². The summed E-state index contributed by atoms with van der Waals surface area (Å²) >= 11 is 0. The van der Waals surface area contributed by atoms with Crippen molar-refractivity contribution in [3.05, 3.63) is 104 Å². The zero-order valence-corrected chi connectivity index (χ0v) is 22.6. The zero-order chi connectivity index (χ0) is 27.5. The average Bonchev–Trinajstić information content (AvgIpc) is 2.98. The third-order valence-corrected chi connectivity index (χ3v) is 7.38. The average molecular weight is 528 g/mol. The highest BCUT2D eigenvalue weighted by atomic mass is 16.5. The van der Waals surface area contributed by atoms with E-state index in [1.54, 1.807) is 28.8 Å². The highest BCUT2D eigenvalue weighted by Crippen LogP contribution is 2.30. The Balaban J connectivity index is 1.56. The number of amides is 1. The minimum absolute atomic E-state index is 0.0191. The van der Waals surface area contributed by atoms with Gasteiger partial charge in [0.25, 0.3) is 11.5 Å². The lowest BCUT2D eigenvalue weighted by Gasteiger charge is -2.26. The molecule has 202 valence electrons. The number of hydrogen-bond donors (Lipinski definition) is 0. The number of hydrogen-bond acceptors (Lipinski definition) is 5. The van der Waals surface area contributed by atoms with E-state index in [1.165, 1.54) is 18.8 Å². The van der Waals surface area contributed by atoms with Gasteiger partial charge in [-0.1, -0.05) is 42.0 Å². The highest BCUT2D eigenvalue weighted by molar-refractivity contribution is 5.94. The Morgan fingerprint density at radius 3 is 1.95 bits per heavy atom. The van der Waals surface area contributed by atoms with Crippen LogP contribution < -0.4 is 20.7 Å². The van der Waals surface area contributed by atoms with Crippen molar-refractivity contribution in [1.82, 2.24) is 14.0 Å². The quantitative estimate of drug-likeness (QED) is 0.360. The second-order valence-electron chi connectivity index (χ2n) is 10.0. The van der Waals surface area contributed by atoms with Crippen molar-refractivity contribution >= 4 is 16.8 Å². The fourth-order valence-electron chi connectivity index (χ4n) is 5.13. The monoisotopic (exact) mass is 527 g/mol. The third-order valence-electron chi connectivity index (χ3n) is 7.38. The number of aromatic nitrogens is 2. The van der Waals surface area contributed by atoms with Gasteiger partial charge >= 0.3 is 5.69 Å². The fraction of sp³-hybridized carbons (Fsp3) is 0.323. The van der Waals surface area contributed by atoms with E-state index in [2.05, 4.69) is 0 Å². The van der Waals surface area contributed by atoms with Crippen LogP contribution in [-0.2, 0) is 13.1 Å². The van der Waals surface area contributed by atoms with Gasteiger partial charge < -0.3 is 14.4 Å². The normalized spacial score (nSPS) is 13.5. The number of piperidine rings is 1. The lowest BCUT2D eigenvalue weighted by atomic mass is 10.1. The summed E-state index contributed by atoms with van der Waals surface area (Å²) in [4.78, 5) is 42.2. The number of fused-ring (bicyclic) bond motifs is 1. The SMILES string of the molecule is COc1cc2c(=O)n(Cc3ccc(C(=O)N4CCCCC4)cc3)c(=O)n(Cc3ccc(C)cc3)c2cc1OC. The number of rotatable bonds is 7. The lowest BCUT2D eigenvalue weighted by molar-refractivity contribution is 0.0724. The van der Waals surface area contributed by atoms with Crippen LogP contribution in [0.5, 0.6) is 11.5 Å². The van der Waals surface area contributed by atoms with Crippen LogP contribution in [0, 0.1) is 6.92 Å². The molecule has 0 spiro atoms. The lowest BCUT2D eigenvalue weighted by Crippen LogP contribution is -2.40. The second kappa shape index (κ2) is 11.2. The maximum absolute atomic E-state index is 13.8. The Hall–Kier alpha value is -4.33.